The van der Waals surface area contributed by atoms with E-state index in [0.29, 0.717) is 13.0 Å². The van der Waals surface area contributed by atoms with Crippen LogP contribution in [0.4, 0.5) is 10.1 Å². The largest absolute Gasteiger partial charge is 0.364 e. The van der Waals surface area contributed by atoms with Crippen molar-refractivity contribution in [3.8, 4) is 0 Å². The number of rotatable bonds is 7. The Balaban J connectivity index is 1.94. The van der Waals surface area contributed by atoms with Crippen molar-refractivity contribution in [1.82, 2.24) is 0 Å². The van der Waals surface area contributed by atoms with Gasteiger partial charge in [0.15, 0.2) is 5.78 Å². The van der Waals surface area contributed by atoms with Crippen LogP contribution >= 0.6 is 0 Å². The average Bonchev–Trinajstić information content (AvgIpc) is 2.85. The Hall–Kier alpha value is -1.68. The van der Waals surface area contributed by atoms with E-state index in [1.165, 1.54) is 0 Å². The van der Waals surface area contributed by atoms with E-state index in [-0.39, 0.29) is 12.3 Å². The number of benzene rings is 1. The summed E-state index contributed by atoms with van der Waals surface area (Å²) in [6.45, 7) is 6.88. The molecule has 1 unspecified atom stereocenters. The summed E-state index contributed by atoms with van der Waals surface area (Å²) in [7, 11) is 0. The fourth-order valence-electron chi connectivity index (χ4n) is 4.04. The first kappa shape index (κ1) is 18.1. The number of carbonyl (C=O) groups is 1. The lowest BCUT2D eigenvalue weighted by atomic mass is 9.85. The summed E-state index contributed by atoms with van der Waals surface area (Å²) in [6.07, 6.45) is 6.61. The molecule has 0 amide bonds. The topological polar surface area (TPSA) is 29.5 Å². The van der Waals surface area contributed by atoms with Gasteiger partial charge in [0.2, 0.25) is 0 Å². The molecule has 3 nitrogen and oxygen atoms in total. The molecule has 1 atom stereocenters. The lowest BCUT2D eigenvalue weighted by Gasteiger charge is -2.36. The van der Waals surface area contributed by atoms with Crippen LogP contribution in [0.5, 0.6) is 0 Å². The van der Waals surface area contributed by atoms with Gasteiger partial charge in [0.25, 0.3) is 0 Å². The van der Waals surface area contributed by atoms with E-state index in [9.17, 15) is 9.18 Å². The summed E-state index contributed by atoms with van der Waals surface area (Å²) in [5.41, 5.74) is 2.90. The third-order valence-corrected chi connectivity index (χ3v) is 5.42. The molecule has 25 heavy (non-hydrogen) atoms. The fraction of sp³-hybridized carbons (Fsp3) is 0.571. The van der Waals surface area contributed by atoms with Crippen LogP contribution in [0, 0.1) is 0 Å². The fourth-order valence-corrected chi connectivity index (χ4v) is 4.04. The molecule has 0 bridgehead atoms. The van der Waals surface area contributed by atoms with E-state index >= 15 is 0 Å². The Labute approximate surface area is 149 Å². The van der Waals surface area contributed by atoms with Crippen LogP contribution in [0.25, 0.3) is 0 Å². The summed E-state index contributed by atoms with van der Waals surface area (Å²) < 4.78 is 19.3. The number of anilines is 1. The Bertz CT molecular complexity index is 649. The maximum absolute atomic E-state index is 13.1. The Morgan fingerprint density at radius 1 is 1.36 bits per heavy atom. The molecule has 0 N–H and O–H groups in total. The monoisotopic (exact) mass is 345 g/mol. The molecule has 1 aromatic carbocycles. The zero-order valence-electron chi connectivity index (χ0n) is 15.2. The highest BCUT2D eigenvalue weighted by Crippen LogP contribution is 2.52. The second-order valence-corrected chi connectivity index (χ2v) is 7.03. The van der Waals surface area contributed by atoms with Crippen molar-refractivity contribution >= 4 is 11.5 Å². The molecule has 1 saturated heterocycles. The molecule has 0 radical (unpaired) electrons. The third kappa shape index (κ3) is 3.24. The molecule has 1 fully saturated rings. The predicted octanol–water partition coefficient (Wildman–Crippen LogP) is 5.15. The summed E-state index contributed by atoms with van der Waals surface area (Å²) >= 11 is 0. The van der Waals surface area contributed by atoms with Crippen molar-refractivity contribution in [3.63, 3.8) is 0 Å². The molecule has 2 aliphatic heterocycles. The molecule has 4 heteroatoms. The van der Waals surface area contributed by atoms with Gasteiger partial charge in [0.05, 0.1) is 6.54 Å². The molecular weight excluding hydrogens is 317 g/mol. The second kappa shape index (κ2) is 7.69. The SMILES string of the molecule is C=C1N(CCF)c2ccc(C(=O)CCCCC)cc2C12CCCCO2. The highest BCUT2D eigenvalue weighted by Gasteiger charge is 2.48. The number of alkyl halides is 1. The minimum absolute atomic E-state index is 0.178. The van der Waals surface area contributed by atoms with Crippen LogP contribution in [0.2, 0.25) is 0 Å². The van der Waals surface area contributed by atoms with Gasteiger partial charge in [-0.2, -0.15) is 0 Å². The van der Waals surface area contributed by atoms with Crippen molar-refractivity contribution < 1.29 is 13.9 Å². The summed E-state index contributed by atoms with van der Waals surface area (Å²) in [4.78, 5) is 14.5. The van der Waals surface area contributed by atoms with E-state index < -0.39 is 12.3 Å². The highest BCUT2D eigenvalue weighted by molar-refractivity contribution is 5.97. The number of carbonyl (C=O) groups excluding carboxylic acids is 1. The summed E-state index contributed by atoms with van der Waals surface area (Å²) in [5.74, 6) is 0.178. The van der Waals surface area contributed by atoms with Gasteiger partial charge in [-0.1, -0.05) is 26.3 Å². The van der Waals surface area contributed by atoms with E-state index in [0.717, 1.165) is 61.0 Å². The van der Waals surface area contributed by atoms with Gasteiger partial charge in [-0.15, -0.1) is 0 Å². The van der Waals surface area contributed by atoms with Crippen molar-refractivity contribution in [2.24, 2.45) is 0 Å². The third-order valence-electron chi connectivity index (χ3n) is 5.42. The number of hydrogen-bond donors (Lipinski definition) is 0. The molecule has 0 saturated carbocycles. The number of fused-ring (bicyclic) bond motifs is 2. The van der Waals surface area contributed by atoms with Crippen molar-refractivity contribution in [1.29, 1.82) is 0 Å². The molecular formula is C21H28FNO2. The smallest absolute Gasteiger partial charge is 0.162 e. The van der Waals surface area contributed by atoms with E-state index in [2.05, 4.69) is 13.5 Å². The lowest BCUT2D eigenvalue weighted by molar-refractivity contribution is -0.0526. The van der Waals surface area contributed by atoms with Crippen LogP contribution in [0.3, 0.4) is 0 Å². The molecule has 136 valence electrons. The summed E-state index contributed by atoms with van der Waals surface area (Å²) in [6, 6.07) is 5.78. The molecule has 0 aromatic heterocycles. The first-order valence-corrected chi connectivity index (χ1v) is 9.48. The number of hydrogen-bond acceptors (Lipinski definition) is 3. The molecule has 1 aromatic rings. The van der Waals surface area contributed by atoms with Crippen LogP contribution in [0.1, 0.15) is 67.8 Å². The maximum Gasteiger partial charge on any atom is 0.162 e. The van der Waals surface area contributed by atoms with E-state index in [1.807, 2.05) is 23.1 Å². The zero-order valence-corrected chi connectivity index (χ0v) is 15.2. The molecule has 2 heterocycles. The number of nitrogens with zero attached hydrogens (tertiary/aromatic N) is 1. The van der Waals surface area contributed by atoms with Crippen molar-refractivity contribution in [2.45, 2.75) is 57.5 Å². The Kier molecular flexibility index (Phi) is 5.57. The van der Waals surface area contributed by atoms with Gasteiger partial charge in [0, 0.05) is 35.5 Å². The van der Waals surface area contributed by atoms with Gasteiger partial charge in [-0.25, -0.2) is 4.39 Å². The van der Waals surface area contributed by atoms with Gasteiger partial charge >= 0.3 is 0 Å². The number of halogens is 1. The summed E-state index contributed by atoms with van der Waals surface area (Å²) in [5, 5.41) is 0. The molecule has 1 spiro atoms. The van der Waals surface area contributed by atoms with Gasteiger partial charge < -0.3 is 9.64 Å². The molecule has 0 aliphatic carbocycles. The van der Waals surface area contributed by atoms with Crippen LogP contribution in [0.15, 0.2) is 30.5 Å². The first-order chi connectivity index (χ1) is 12.1. The van der Waals surface area contributed by atoms with Gasteiger partial charge in [-0.05, 0) is 43.9 Å². The Morgan fingerprint density at radius 3 is 2.88 bits per heavy atom. The van der Waals surface area contributed by atoms with Crippen LogP contribution in [-0.2, 0) is 10.3 Å². The quantitative estimate of drug-likeness (QED) is 0.506. The molecule has 2 aliphatic rings. The predicted molar refractivity (Wildman–Crippen MR) is 98.9 cm³/mol. The van der Waals surface area contributed by atoms with Crippen LogP contribution in [-0.4, -0.2) is 25.6 Å². The highest BCUT2D eigenvalue weighted by atomic mass is 19.1. The van der Waals surface area contributed by atoms with Crippen molar-refractivity contribution in [3.05, 3.63) is 41.6 Å². The number of unbranched alkanes of at least 4 members (excludes halogenated alkanes) is 2. The number of ether oxygens (including phenoxy) is 1. The van der Waals surface area contributed by atoms with Gasteiger partial charge in [0.1, 0.15) is 12.3 Å². The number of Topliss-reactive ketones (excluding diaryl/α,β-unsaturated/α-hetero) is 1. The minimum atomic E-state index is -0.581. The van der Waals surface area contributed by atoms with Crippen molar-refractivity contribution in [2.75, 3.05) is 24.7 Å². The van der Waals surface area contributed by atoms with Crippen LogP contribution < -0.4 is 4.90 Å². The lowest BCUT2D eigenvalue weighted by Crippen LogP contribution is -2.36. The average molecular weight is 345 g/mol. The normalized spacial score (nSPS) is 22.5. The van der Waals surface area contributed by atoms with E-state index in [1.54, 1.807) is 0 Å². The second-order valence-electron chi connectivity index (χ2n) is 7.03. The maximum atomic E-state index is 13.1. The number of ketones is 1. The molecule has 3 rings (SSSR count). The zero-order chi connectivity index (χ0) is 17.9. The van der Waals surface area contributed by atoms with E-state index in [4.69, 9.17) is 4.74 Å². The first-order valence-electron chi connectivity index (χ1n) is 9.48. The standard InChI is InChI=1S/C21H28FNO2/c1-3-4-5-8-20(24)17-9-10-19-18(15-17)21(11-6-7-14-25-21)16(2)23(19)13-12-22/h9-10,15H,2-8,11-14H2,1H3. The minimum Gasteiger partial charge on any atom is -0.364 e. The van der Waals surface area contributed by atoms with Gasteiger partial charge in [-0.3, -0.25) is 4.79 Å². The Morgan fingerprint density at radius 2 is 2.20 bits per heavy atom.